The van der Waals surface area contributed by atoms with E-state index in [1.54, 1.807) is 0 Å². The number of methoxy groups -OCH3 is 2. The van der Waals surface area contributed by atoms with Gasteiger partial charge in [-0.05, 0) is 44.4 Å². The van der Waals surface area contributed by atoms with Crippen molar-refractivity contribution in [3.05, 3.63) is 0 Å². The molecule has 2 nitrogen and oxygen atoms in total. The molecule has 0 radical (unpaired) electrons. The van der Waals surface area contributed by atoms with E-state index >= 15 is 0 Å². The standard InChI is InChI=1S/C21H40O2/c1-21(22-2,23-3)20(16-14-18-10-6-4-7-11-18)17-15-19-12-8-5-9-13-19/h18-20H,4-17H2,1-3H3. The van der Waals surface area contributed by atoms with Crippen LogP contribution in [0.15, 0.2) is 0 Å². The topological polar surface area (TPSA) is 18.5 Å². The van der Waals surface area contributed by atoms with Crippen LogP contribution in [-0.2, 0) is 9.47 Å². The molecule has 0 atom stereocenters. The maximum absolute atomic E-state index is 5.81. The summed E-state index contributed by atoms with van der Waals surface area (Å²) in [6.07, 6.45) is 19.8. The Hall–Kier alpha value is -0.0800. The maximum Gasteiger partial charge on any atom is 0.167 e. The number of hydrogen-bond acceptors (Lipinski definition) is 2. The van der Waals surface area contributed by atoms with Gasteiger partial charge in [-0.15, -0.1) is 0 Å². The Balaban J connectivity index is 1.85. The molecule has 23 heavy (non-hydrogen) atoms. The zero-order valence-electron chi connectivity index (χ0n) is 15.9. The summed E-state index contributed by atoms with van der Waals surface area (Å²) >= 11 is 0. The van der Waals surface area contributed by atoms with Crippen LogP contribution in [0.2, 0.25) is 0 Å². The van der Waals surface area contributed by atoms with Crippen LogP contribution in [0.25, 0.3) is 0 Å². The van der Waals surface area contributed by atoms with E-state index in [1.165, 1.54) is 89.9 Å². The molecule has 0 bridgehead atoms. The van der Waals surface area contributed by atoms with Gasteiger partial charge in [0.2, 0.25) is 0 Å². The first-order valence-electron chi connectivity index (χ1n) is 10.3. The molecule has 2 heteroatoms. The van der Waals surface area contributed by atoms with E-state index in [9.17, 15) is 0 Å². The second kappa shape index (κ2) is 10.0. The van der Waals surface area contributed by atoms with Crippen LogP contribution in [0, 0.1) is 17.8 Å². The van der Waals surface area contributed by atoms with Crippen molar-refractivity contribution < 1.29 is 9.47 Å². The summed E-state index contributed by atoms with van der Waals surface area (Å²) in [7, 11) is 3.63. The van der Waals surface area contributed by atoms with Gasteiger partial charge in [0.05, 0.1) is 0 Å². The van der Waals surface area contributed by atoms with Gasteiger partial charge in [-0.2, -0.15) is 0 Å². The summed E-state index contributed by atoms with van der Waals surface area (Å²) in [6.45, 7) is 2.15. The zero-order valence-corrected chi connectivity index (χ0v) is 15.9. The Morgan fingerprint density at radius 3 is 1.48 bits per heavy atom. The third-order valence-electron chi connectivity index (χ3n) is 6.85. The molecule has 0 spiro atoms. The lowest BCUT2D eigenvalue weighted by Crippen LogP contribution is -2.39. The van der Waals surface area contributed by atoms with Gasteiger partial charge in [0, 0.05) is 20.1 Å². The second-order valence-electron chi connectivity index (χ2n) is 8.28. The van der Waals surface area contributed by atoms with Crippen molar-refractivity contribution in [2.75, 3.05) is 14.2 Å². The Morgan fingerprint density at radius 2 is 1.13 bits per heavy atom. The highest BCUT2D eigenvalue weighted by molar-refractivity contribution is 4.79. The minimum atomic E-state index is -0.399. The van der Waals surface area contributed by atoms with E-state index in [-0.39, 0.29) is 0 Å². The number of hydrogen-bond donors (Lipinski definition) is 0. The molecule has 2 rings (SSSR count). The van der Waals surface area contributed by atoms with Crippen LogP contribution in [0.4, 0.5) is 0 Å². The SMILES string of the molecule is COC(C)(OC)C(CCC1CCCCC1)CCC1CCCCC1. The zero-order chi connectivity index (χ0) is 16.5. The molecule has 136 valence electrons. The van der Waals surface area contributed by atoms with Gasteiger partial charge in [-0.3, -0.25) is 0 Å². The molecule has 0 saturated heterocycles. The molecule has 0 heterocycles. The van der Waals surface area contributed by atoms with E-state index in [4.69, 9.17) is 9.47 Å². The Kier molecular flexibility index (Phi) is 8.40. The lowest BCUT2D eigenvalue weighted by atomic mass is 9.78. The molecule has 2 saturated carbocycles. The highest BCUT2D eigenvalue weighted by Crippen LogP contribution is 2.37. The summed E-state index contributed by atoms with van der Waals surface area (Å²) < 4.78 is 11.6. The molecule has 2 aliphatic rings. The smallest absolute Gasteiger partial charge is 0.167 e. The normalized spacial score (nSPS) is 21.9. The van der Waals surface area contributed by atoms with Crippen molar-refractivity contribution in [3.8, 4) is 0 Å². The molecule has 0 N–H and O–H groups in total. The summed E-state index contributed by atoms with van der Waals surface area (Å²) in [4.78, 5) is 0. The first-order chi connectivity index (χ1) is 11.2. The monoisotopic (exact) mass is 324 g/mol. The maximum atomic E-state index is 5.81. The fraction of sp³-hybridized carbons (Fsp3) is 1.00. The Labute approximate surface area is 144 Å². The van der Waals surface area contributed by atoms with Crippen molar-refractivity contribution in [2.24, 2.45) is 17.8 Å². The van der Waals surface area contributed by atoms with E-state index in [0.29, 0.717) is 5.92 Å². The number of rotatable bonds is 9. The third-order valence-corrected chi connectivity index (χ3v) is 6.85. The summed E-state index contributed by atoms with van der Waals surface area (Å²) in [6, 6.07) is 0. The van der Waals surface area contributed by atoms with Gasteiger partial charge in [-0.25, -0.2) is 0 Å². The summed E-state index contributed by atoms with van der Waals surface area (Å²) in [5.41, 5.74) is 0. The molecule has 2 aliphatic carbocycles. The molecule has 0 unspecified atom stereocenters. The average Bonchev–Trinajstić information content (AvgIpc) is 2.63. The number of ether oxygens (including phenoxy) is 2. The van der Waals surface area contributed by atoms with E-state index < -0.39 is 5.79 Å². The van der Waals surface area contributed by atoms with Crippen LogP contribution in [0.1, 0.15) is 96.8 Å². The van der Waals surface area contributed by atoms with E-state index in [1.807, 2.05) is 14.2 Å². The fourth-order valence-corrected chi connectivity index (χ4v) is 4.91. The quantitative estimate of drug-likeness (QED) is 0.461. The van der Waals surface area contributed by atoms with Crippen LogP contribution in [-0.4, -0.2) is 20.0 Å². The van der Waals surface area contributed by atoms with Gasteiger partial charge in [0.15, 0.2) is 5.79 Å². The Bertz CT molecular complexity index is 277. The van der Waals surface area contributed by atoms with Crippen LogP contribution in [0.5, 0.6) is 0 Å². The highest BCUT2D eigenvalue weighted by Gasteiger charge is 2.35. The van der Waals surface area contributed by atoms with Gasteiger partial charge in [-0.1, -0.05) is 64.2 Å². The van der Waals surface area contributed by atoms with Crippen molar-refractivity contribution in [1.82, 2.24) is 0 Å². The summed E-state index contributed by atoms with van der Waals surface area (Å²) in [5, 5.41) is 0. The molecular weight excluding hydrogens is 284 g/mol. The second-order valence-corrected chi connectivity index (χ2v) is 8.28. The van der Waals surface area contributed by atoms with E-state index in [2.05, 4.69) is 6.92 Å². The molecule has 0 aromatic carbocycles. The third kappa shape index (κ3) is 6.05. The minimum absolute atomic E-state index is 0.399. The lowest BCUT2D eigenvalue weighted by Gasteiger charge is -2.37. The van der Waals surface area contributed by atoms with Crippen LogP contribution in [0.3, 0.4) is 0 Å². The fourth-order valence-electron chi connectivity index (χ4n) is 4.91. The first-order valence-corrected chi connectivity index (χ1v) is 10.3. The first kappa shape index (κ1) is 19.2. The van der Waals surface area contributed by atoms with Crippen LogP contribution >= 0.6 is 0 Å². The Morgan fingerprint density at radius 1 is 0.739 bits per heavy atom. The highest BCUT2D eigenvalue weighted by atomic mass is 16.7. The predicted octanol–water partition coefficient (Wildman–Crippen LogP) is 6.33. The van der Waals surface area contributed by atoms with Gasteiger partial charge >= 0.3 is 0 Å². The van der Waals surface area contributed by atoms with Gasteiger partial charge < -0.3 is 9.47 Å². The minimum Gasteiger partial charge on any atom is -0.353 e. The van der Waals surface area contributed by atoms with E-state index in [0.717, 1.165) is 11.8 Å². The van der Waals surface area contributed by atoms with Crippen molar-refractivity contribution in [2.45, 2.75) is 103 Å². The van der Waals surface area contributed by atoms with Crippen molar-refractivity contribution in [1.29, 1.82) is 0 Å². The molecule has 0 aliphatic heterocycles. The molecular formula is C21H40O2. The summed E-state index contributed by atoms with van der Waals surface area (Å²) in [5.74, 6) is 2.06. The predicted molar refractivity (Wildman–Crippen MR) is 97.5 cm³/mol. The van der Waals surface area contributed by atoms with Crippen molar-refractivity contribution >= 4 is 0 Å². The average molecular weight is 325 g/mol. The molecule has 0 aromatic heterocycles. The lowest BCUT2D eigenvalue weighted by molar-refractivity contribution is -0.231. The molecule has 0 amide bonds. The molecule has 0 aromatic rings. The largest absolute Gasteiger partial charge is 0.353 e. The van der Waals surface area contributed by atoms with Gasteiger partial charge in [0.25, 0.3) is 0 Å². The van der Waals surface area contributed by atoms with Gasteiger partial charge in [0.1, 0.15) is 0 Å². The molecule has 2 fully saturated rings. The van der Waals surface area contributed by atoms with Crippen LogP contribution < -0.4 is 0 Å². The van der Waals surface area contributed by atoms with Crippen molar-refractivity contribution in [3.63, 3.8) is 0 Å².